The van der Waals surface area contributed by atoms with Crippen LogP contribution in [0.25, 0.3) is 0 Å². The van der Waals surface area contributed by atoms with Crippen molar-refractivity contribution in [3.63, 3.8) is 0 Å². The van der Waals surface area contributed by atoms with Crippen LogP contribution in [0.2, 0.25) is 0 Å². The molecule has 0 bridgehead atoms. The fourth-order valence-corrected chi connectivity index (χ4v) is 4.40. The molecule has 2 fully saturated rings. The van der Waals surface area contributed by atoms with Crippen LogP contribution in [0.1, 0.15) is 30.2 Å². The summed E-state index contributed by atoms with van der Waals surface area (Å²) in [6.07, 6.45) is 2.64. The molecule has 0 aromatic carbocycles. The van der Waals surface area contributed by atoms with Gasteiger partial charge >= 0.3 is 5.97 Å². The van der Waals surface area contributed by atoms with Gasteiger partial charge < -0.3 is 19.5 Å². The Morgan fingerprint density at radius 3 is 2.79 bits per heavy atom. The molecule has 2 atom stereocenters. The molecule has 1 N–H and O–H groups in total. The van der Waals surface area contributed by atoms with Gasteiger partial charge in [-0.2, -0.15) is 0 Å². The lowest BCUT2D eigenvalue weighted by Gasteiger charge is -2.28. The molecule has 1 saturated carbocycles. The van der Waals surface area contributed by atoms with E-state index in [-0.39, 0.29) is 18.6 Å². The van der Waals surface area contributed by atoms with E-state index in [0.29, 0.717) is 24.0 Å². The number of carboxylic acids is 1. The molecule has 0 radical (unpaired) electrons. The van der Waals surface area contributed by atoms with Crippen LogP contribution < -0.4 is 0 Å². The lowest BCUT2D eigenvalue weighted by atomic mass is 10.1. The van der Waals surface area contributed by atoms with Crippen LogP contribution in [0.3, 0.4) is 0 Å². The van der Waals surface area contributed by atoms with E-state index < -0.39 is 12.0 Å². The van der Waals surface area contributed by atoms with Crippen molar-refractivity contribution in [2.45, 2.75) is 31.3 Å². The minimum absolute atomic E-state index is 0.00195. The highest BCUT2D eigenvalue weighted by Crippen LogP contribution is 2.37. The summed E-state index contributed by atoms with van der Waals surface area (Å²) in [5.74, 6) is -0.933. The topological polar surface area (TPSA) is 76.1 Å². The SMILES string of the molecule is O=C(O)C(c1cc(Br)cs1)N(C(=O)COCC1CCOC1)C1CC1. The van der Waals surface area contributed by atoms with E-state index >= 15 is 0 Å². The van der Waals surface area contributed by atoms with E-state index in [4.69, 9.17) is 9.47 Å². The van der Waals surface area contributed by atoms with Gasteiger partial charge in [0, 0.05) is 33.3 Å². The number of halogens is 1. The Kier molecular flexibility index (Phi) is 5.91. The first-order valence-electron chi connectivity index (χ1n) is 7.99. The lowest BCUT2D eigenvalue weighted by Crippen LogP contribution is -2.42. The molecular formula is C16H20BrNO5S. The highest BCUT2D eigenvalue weighted by atomic mass is 79.9. The van der Waals surface area contributed by atoms with Gasteiger partial charge in [-0.1, -0.05) is 0 Å². The predicted octanol–water partition coefficient (Wildman–Crippen LogP) is 2.68. The number of aliphatic carboxylic acids is 1. The van der Waals surface area contributed by atoms with E-state index in [9.17, 15) is 14.7 Å². The predicted molar refractivity (Wildman–Crippen MR) is 92.0 cm³/mol. The Bertz CT molecular complexity index is 597. The standard InChI is InChI=1S/C16H20BrNO5S/c17-11-5-13(24-9-11)15(16(20)21)18(12-1-2-12)14(19)8-23-7-10-3-4-22-6-10/h5,9-10,12,15H,1-4,6-8H2,(H,20,21). The Balaban J connectivity index is 1.65. The summed E-state index contributed by atoms with van der Waals surface area (Å²) in [4.78, 5) is 26.6. The van der Waals surface area contributed by atoms with E-state index in [0.717, 1.165) is 30.3 Å². The summed E-state index contributed by atoms with van der Waals surface area (Å²) in [7, 11) is 0. The van der Waals surface area contributed by atoms with Crippen LogP contribution in [0, 0.1) is 5.92 Å². The van der Waals surface area contributed by atoms with Gasteiger partial charge in [0.2, 0.25) is 5.91 Å². The van der Waals surface area contributed by atoms with E-state index in [1.807, 2.05) is 5.38 Å². The zero-order chi connectivity index (χ0) is 17.1. The van der Waals surface area contributed by atoms with E-state index in [1.165, 1.54) is 16.2 Å². The summed E-state index contributed by atoms with van der Waals surface area (Å²) in [6.45, 7) is 1.81. The van der Waals surface area contributed by atoms with Crippen molar-refractivity contribution in [1.82, 2.24) is 4.90 Å². The molecule has 24 heavy (non-hydrogen) atoms. The van der Waals surface area contributed by atoms with Crippen LogP contribution in [0.15, 0.2) is 15.9 Å². The quantitative estimate of drug-likeness (QED) is 0.703. The van der Waals surface area contributed by atoms with Gasteiger partial charge in [-0.05, 0) is 41.3 Å². The first-order chi connectivity index (χ1) is 11.6. The normalized spacial score (nSPS) is 21.6. The number of thiophene rings is 1. The van der Waals surface area contributed by atoms with Crippen LogP contribution in [-0.2, 0) is 19.1 Å². The molecule has 1 aromatic heterocycles. The first-order valence-corrected chi connectivity index (χ1v) is 9.67. The molecule has 2 unspecified atom stereocenters. The number of hydrogen-bond donors (Lipinski definition) is 1. The fraction of sp³-hybridized carbons (Fsp3) is 0.625. The van der Waals surface area contributed by atoms with Crippen molar-refractivity contribution in [3.05, 3.63) is 20.8 Å². The molecule has 3 rings (SSSR count). The molecule has 1 aromatic rings. The number of carbonyl (C=O) groups is 2. The largest absolute Gasteiger partial charge is 0.479 e. The fourth-order valence-electron chi connectivity index (χ4n) is 2.86. The number of nitrogens with zero attached hydrogens (tertiary/aromatic N) is 1. The van der Waals surface area contributed by atoms with E-state index in [2.05, 4.69) is 15.9 Å². The van der Waals surface area contributed by atoms with E-state index in [1.54, 1.807) is 6.07 Å². The van der Waals surface area contributed by atoms with Crippen molar-refractivity contribution < 1.29 is 24.2 Å². The number of carbonyl (C=O) groups excluding carboxylic acids is 1. The van der Waals surface area contributed by atoms with Gasteiger partial charge in [-0.3, -0.25) is 4.79 Å². The maximum atomic E-state index is 12.6. The van der Waals surface area contributed by atoms with Crippen molar-refractivity contribution in [3.8, 4) is 0 Å². The second kappa shape index (κ2) is 7.95. The summed E-state index contributed by atoms with van der Waals surface area (Å²) in [5, 5.41) is 11.5. The van der Waals surface area contributed by atoms with Gasteiger partial charge in [0.1, 0.15) is 6.61 Å². The number of hydrogen-bond acceptors (Lipinski definition) is 5. The molecule has 2 aliphatic rings. The average Bonchev–Trinajstić information content (AvgIpc) is 3.05. The van der Waals surface area contributed by atoms with Crippen LogP contribution in [0.4, 0.5) is 0 Å². The molecule has 1 amide bonds. The molecular weight excluding hydrogens is 398 g/mol. The average molecular weight is 418 g/mol. The smallest absolute Gasteiger partial charge is 0.331 e. The van der Waals surface area contributed by atoms with Crippen molar-refractivity contribution in [1.29, 1.82) is 0 Å². The van der Waals surface area contributed by atoms with Gasteiger partial charge in [0.15, 0.2) is 6.04 Å². The van der Waals surface area contributed by atoms with Gasteiger partial charge in [-0.15, -0.1) is 11.3 Å². The number of carboxylic acid groups (broad SMARTS) is 1. The summed E-state index contributed by atoms with van der Waals surface area (Å²) < 4.78 is 11.7. The molecule has 6 nitrogen and oxygen atoms in total. The molecule has 8 heteroatoms. The zero-order valence-corrected chi connectivity index (χ0v) is 15.6. The third-order valence-corrected chi connectivity index (χ3v) is 5.95. The molecule has 132 valence electrons. The third kappa shape index (κ3) is 4.36. The van der Waals surface area contributed by atoms with Crippen LogP contribution in [0.5, 0.6) is 0 Å². The summed E-state index contributed by atoms with van der Waals surface area (Å²) in [6, 6.07) is 0.820. The lowest BCUT2D eigenvalue weighted by molar-refractivity contribution is -0.153. The highest BCUT2D eigenvalue weighted by Gasteiger charge is 2.42. The highest BCUT2D eigenvalue weighted by molar-refractivity contribution is 9.10. The van der Waals surface area contributed by atoms with Crippen molar-refractivity contribution >= 4 is 39.1 Å². The van der Waals surface area contributed by atoms with Crippen molar-refractivity contribution in [2.75, 3.05) is 26.4 Å². The number of ether oxygens (including phenoxy) is 2. The van der Waals surface area contributed by atoms with Gasteiger partial charge in [0.05, 0.1) is 13.2 Å². The minimum Gasteiger partial charge on any atom is -0.479 e. The zero-order valence-electron chi connectivity index (χ0n) is 13.2. The number of rotatable bonds is 8. The summed E-state index contributed by atoms with van der Waals surface area (Å²) >= 11 is 4.69. The first kappa shape index (κ1) is 17.8. The van der Waals surface area contributed by atoms with Gasteiger partial charge in [0.25, 0.3) is 0 Å². The molecule has 2 heterocycles. The van der Waals surface area contributed by atoms with Crippen molar-refractivity contribution in [2.24, 2.45) is 5.92 Å². The molecule has 1 aliphatic heterocycles. The Hall–Kier alpha value is -0.960. The van der Waals surface area contributed by atoms with Gasteiger partial charge in [-0.25, -0.2) is 4.79 Å². The maximum Gasteiger partial charge on any atom is 0.331 e. The maximum absolute atomic E-state index is 12.6. The third-order valence-electron chi connectivity index (χ3n) is 4.20. The minimum atomic E-state index is -1.01. The Morgan fingerprint density at radius 1 is 1.46 bits per heavy atom. The molecule has 0 spiro atoms. The Labute approximate surface area is 152 Å². The van der Waals surface area contributed by atoms with Crippen LogP contribution in [-0.4, -0.2) is 54.4 Å². The monoisotopic (exact) mass is 417 g/mol. The number of amides is 1. The second-order valence-electron chi connectivity index (χ2n) is 6.18. The van der Waals surface area contributed by atoms with Crippen LogP contribution >= 0.6 is 27.3 Å². The second-order valence-corrected chi connectivity index (χ2v) is 8.04. The molecule has 1 aliphatic carbocycles. The summed E-state index contributed by atoms with van der Waals surface area (Å²) in [5.41, 5.74) is 0. The molecule has 1 saturated heterocycles. The Morgan fingerprint density at radius 2 is 2.25 bits per heavy atom.